The van der Waals surface area contributed by atoms with E-state index in [1.165, 1.54) is 3.57 Å². The summed E-state index contributed by atoms with van der Waals surface area (Å²) in [7, 11) is 1.65. The summed E-state index contributed by atoms with van der Waals surface area (Å²) in [5, 5.41) is 0. The molecule has 0 aliphatic heterocycles. The first kappa shape index (κ1) is 16.8. The van der Waals surface area contributed by atoms with Gasteiger partial charge in [-0.25, -0.2) is 4.98 Å². The quantitative estimate of drug-likeness (QED) is 0.287. The van der Waals surface area contributed by atoms with Crippen molar-refractivity contribution in [3.05, 3.63) is 75.9 Å². The van der Waals surface area contributed by atoms with E-state index in [0.717, 1.165) is 33.7 Å². The minimum atomic E-state index is 0.585. The van der Waals surface area contributed by atoms with Crippen LogP contribution in [0.5, 0.6) is 5.75 Å². The van der Waals surface area contributed by atoms with Gasteiger partial charge in [-0.15, -0.1) is 0 Å². The Morgan fingerprint density at radius 1 is 1.00 bits per heavy atom. The zero-order chi connectivity index (χ0) is 17.9. The Labute approximate surface area is 164 Å². The molecule has 0 N–H and O–H groups in total. The molecule has 0 saturated heterocycles. The predicted molar refractivity (Wildman–Crippen MR) is 112 cm³/mol. The number of fused-ring (bicyclic) bond motifs is 1. The largest absolute Gasteiger partial charge is 0.497 e. The van der Waals surface area contributed by atoms with E-state index in [9.17, 15) is 0 Å². The summed E-state index contributed by atoms with van der Waals surface area (Å²) in [5.41, 5.74) is 4.33. The maximum atomic E-state index is 5.85. The first-order valence-electron chi connectivity index (χ1n) is 8.06. The van der Waals surface area contributed by atoms with Crippen LogP contribution in [-0.4, -0.2) is 18.3 Å². The second kappa shape index (κ2) is 7.29. The number of nitrogens with zero attached hydrogens (tertiary/aromatic N) is 2. The fourth-order valence-electron chi connectivity index (χ4n) is 2.55. The summed E-state index contributed by atoms with van der Waals surface area (Å²) in [6.07, 6.45) is 1.85. The molecule has 1 aromatic heterocycles. The van der Waals surface area contributed by atoms with Gasteiger partial charge in [0.2, 0.25) is 5.89 Å². The number of aliphatic imine (C=N–C) groups is 1. The standard InChI is InChI=1S/C21H15IN2O2/c1-25-18-9-4-15(5-10-18)21-24-19-12-17(8-11-20(19)26-21)23-13-14-2-6-16(22)7-3-14/h2-13H,1H3. The van der Waals surface area contributed by atoms with Crippen LogP contribution < -0.4 is 4.74 Å². The molecule has 0 aliphatic carbocycles. The van der Waals surface area contributed by atoms with Gasteiger partial charge >= 0.3 is 0 Å². The normalized spacial score (nSPS) is 11.3. The third-order valence-corrected chi connectivity index (χ3v) is 4.66. The number of oxazole rings is 1. The van der Waals surface area contributed by atoms with Crippen molar-refractivity contribution in [2.45, 2.75) is 0 Å². The Morgan fingerprint density at radius 2 is 1.77 bits per heavy atom. The maximum Gasteiger partial charge on any atom is 0.227 e. The second-order valence-corrected chi connectivity index (χ2v) is 6.95. The van der Waals surface area contributed by atoms with Crippen LogP contribution in [0.3, 0.4) is 0 Å². The molecule has 4 rings (SSSR count). The molecule has 0 bridgehead atoms. The van der Waals surface area contributed by atoms with Crippen LogP contribution in [0.1, 0.15) is 5.56 Å². The number of methoxy groups -OCH3 is 1. The van der Waals surface area contributed by atoms with Crippen LogP contribution >= 0.6 is 22.6 Å². The third kappa shape index (κ3) is 3.62. The highest BCUT2D eigenvalue weighted by Crippen LogP contribution is 2.28. The second-order valence-electron chi connectivity index (χ2n) is 5.71. The topological polar surface area (TPSA) is 47.6 Å². The lowest BCUT2D eigenvalue weighted by Gasteiger charge is -1.99. The van der Waals surface area contributed by atoms with Gasteiger partial charge in [0.05, 0.1) is 12.8 Å². The number of hydrogen-bond donors (Lipinski definition) is 0. The molecule has 0 radical (unpaired) electrons. The van der Waals surface area contributed by atoms with Gasteiger partial charge in [0, 0.05) is 15.3 Å². The van der Waals surface area contributed by atoms with Crippen molar-refractivity contribution in [3.8, 4) is 17.2 Å². The summed E-state index contributed by atoms with van der Waals surface area (Å²) >= 11 is 2.29. The van der Waals surface area contributed by atoms with Crippen molar-refractivity contribution in [1.29, 1.82) is 0 Å². The highest BCUT2D eigenvalue weighted by molar-refractivity contribution is 14.1. The van der Waals surface area contributed by atoms with Crippen LogP contribution in [0.4, 0.5) is 5.69 Å². The first-order chi connectivity index (χ1) is 12.7. The molecule has 5 heteroatoms. The lowest BCUT2D eigenvalue weighted by molar-refractivity contribution is 0.415. The van der Waals surface area contributed by atoms with Crippen LogP contribution in [0, 0.1) is 3.57 Å². The molecular formula is C21H15IN2O2. The van der Waals surface area contributed by atoms with Crippen molar-refractivity contribution < 1.29 is 9.15 Å². The lowest BCUT2D eigenvalue weighted by atomic mass is 10.2. The molecule has 0 amide bonds. The number of halogens is 1. The average Bonchev–Trinajstić information content (AvgIpc) is 3.11. The van der Waals surface area contributed by atoms with Crippen molar-refractivity contribution in [2.75, 3.05) is 7.11 Å². The van der Waals surface area contributed by atoms with Gasteiger partial charge in [-0.05, 0) is 82.8 Å². The van der Waals surface area contributed by atoms with E-state index in [-0.39, 0.29) is 0 Å². The summed E-state index contributed by atoms with van der Waals surface area (Å²) < 4.78 is 12.2. The van der Waals surface area contributed by atoms with Crippen molar-refractivity contribution in [2.24, 2.45) is 4.99 Å². The SMILES string of the molecule is COc1ccc(-c2nc3cc(N=Cc4ccc(I)cc4)ccc3o2)cc1. The van der Waals surface area contributed by atoms with Gasteiger partial charge < -0.3 is 9.15 Å². The average molecular weight is 454 g/mol. The molecule has 0 fully saturated rings. The zero-order valence-corrected chi connectivity index (χ0v) is 16.2. The molecule has 4 nitrogen and oxygen atoms in total. The van der Waals surface area contributed by atoms with Crippen LogP contribution in [0.25, 0.3) is 22.6 Å². The first-order valence-corrected chi connectivity index (χ1v) is 9.14. The highest BCUT2D eigenvalue weighted by Gasteiger charge is 2.08. The van der Waals surface area contributed by atoms with E-state index in [1.54, 1.807) is 7.11 Å². The fourth-order valence-corrected chi connectivity index (χ4v) is 2.91. The van der Waals surface area contributed by atoms with Crippen molar-refractivity contribution >= 4 is 45.6 Å². The van der Waals surface area contributed by atoms with E-state index in [2.05, 4.69) is 44.7 Å². The highest BCUT2D eigenvalue weighted by atomic mass is 127. The number of aromatic nitrogens is 1. The van der Waals surface area contributed by atoms with Crippen LogP contribution in [-0.2, 0) is 0 Å². The van der Waals surface area contributed by atoms with Crippen LogP contribution in [0.2, 0.25) is 0 Å². The Hall–Kier alpha value is -2.67. The summed E-state index contributed by atoms with van der Waals surface area (Å²) in [6, 6.07) is 21.6. The van der Waals surface area contributed by atoms with Crippen molar-refractivity contribution in [1.82, 2.24) is 4.98 Å². The van der Waals surface area contributed by atoms with Gasteiger partial charge in [0.25, 0.3) is 0 Å². The van der Waals surface area contributed by atoms with E-state index in [4.69, 9.17) is 9.15 Å². The smallest absolute Gasteiger partial charge is 0.227 e. The molecule has 4 aromatic rings. The lowest BCUT2D eigenvalue weighted by Crippen LogP contribution is -1.82. The summed E-state index contributed by atoms with van der Waals surface area (Å²) in [4.78, 5) is 9.12. The van der Waals surface area contributed by atoms with Gasteiger partial charge in [-0.3, -0.25) is 4.99 Å². The molecule has 0 spiro atoms. The number of ether oxygens (including phenoxy) is 1. The minimum absolute atomic E-state index is 0.585. The molecule has 0 saturated carbocycles. The number of hydrogen-bond acceptors (Lipinski definition) is 4. The zero-order valence-electron chi connectivity index (χ0n) is 14.0. The Kier molecular flexibility index (Phi) is 4.71. The maximum absolute atomic E-state index is 5.85. The van der Waals surface area contributed by atoms with Crippen LogP contribution in [0.15, 0.2) is 76.1 Å². The van der Waals surface area contributed by atoms with E-state index >= 15 is 0 Å². The monoisotopic (exact) mass is 454 g/mol. The van der Waals surface area contributed by atoms with E-state index in [1.807, 2.05) is 60.8 Å². The van der Waals surface area contributed by atoms with E-state index < -0.39 is 0 Å². The van der Waals surface area contributed by atoms with Gasteiger partial charge in [0.15, 0.2) is 5.58 Å². The number of benzene rings is 3. The molecule has 1 heterocycles. The Morgan fingerprint density at radius 3 is 2.50 bits per heavy atom. The van der Waals surface area contributed by atoms with Gasteiger partial charge in [0.1, 0.15) is 11.3 Å². The molecule has 0 aliphatic rings. The third-order valence-electron chi connectivity index (χ3n) is 3.94. The minimum Gasteiger partial charge on any atom is -0.497 e. The predicted octanol–water partition coefficient (Wildman–Crippen LogP) is 5.86. The Balaban J connectivity index is 1.61. The molecule has 0 unspecified atom stereocenters. The molecule has 3 aromatic carbocycles. The Bertz CT molecular complexity index is 1070. The van der Waals surface area contributed by atoms with E-state index in [0.29, 0.717) is 5.89 Å². The summed E-state index contributed by atoms with van der Waals surface area (Å²) in [6.45, 7) is 0. The molecular weight excluding hydrogens is 439 g/mol. The molecule has 26 heavy (non-hydrogen) atoms. The number of rotatable bonds is 4. The summed E-state index contributed by atoms with van der Waals surface area (Å²) in [5.74, 6) is 1.39. The molecule has 128 valence electrons. The molecule has 0 atom stereocenters. The van der Waals surface area contributed by atoms with Gasteiger partial charge in [-0.1, -0.05) is 12.1 Å². The fraction of sp³-hybridized carbons (Fsp3) is 0.0476. The van der Waals surface area contributed by atoms with Gasteiger partial charge in [-0.2, -0.15) is 0 Å². The van der Waals surface area contributed by atoms with Crippen molar-refractivity contribution in [3.63, 3.8) is 0 Å².